The van der Waals surface area contributed by atoms with Crippen molar-refractivity contribution in [3.8, 4) is 0 Å². The van der Waals surface area contributed by atoms with E-state index in [-0.39, 0.29) is 29.2 Å². The number of sulfonamides is 1. The maximum Gasteiger partial charge on any atom is 0.416 e. The Kier molecular flexibility index (Phi) is 8.06. The third-order valence-corrected chi connectivity index (χ3v) is 9.90. The van der Waals surface area contributed by atoms with Gasteiger partial charge in [-0.1, -0.05) is 42.5 Å². The van der Waals surface area contributed by atoms with Crippen molar-refractivity contribution in [2.24, 2.45) is 5.92 Å². The van der Waals surface area contributed by atoms with Crippen molar-refractivity contribution >= 4 is 21.6 Å². The molecule has 0 saturated heterocycles. The van der Waals surface area contributed by atoms with E-state index in [4.69, 9.17) is 0 Å². The number of hydrogen-bond acceptors (Lipinski definition) is 4. The van der Waals surface area contributed by atoms with E-state index in [1.54, 1.807) is 4.90 Å². The number of pyridine rings is 1. The maximum atomic E-state index is 14.0. The lowest BCUT2D eigenvalue weighted by molar-refractivity contribution is -0.137. The van der Waals surface area contributed by atoms with Crippen molar-refractivity contribution < 1.29 is 26.4 Å². The molecule has 6 nitrogen and oxygen atoms in total. The highest BCUT2D eigenvalue weighted by Gasteiger charge is 2.46. The van der Waals surface area contributed by atoms with Crippen LogP contribution in [-0.4, -0.2) is 19.3 Å². The lowest BCUT2D eigenvalue weighted by Gasteiger charge is -2.29. The summed E-state index contributed by atoms with van der Waals surface area (Å²) in [7, 11) is -4.12. The second kappa shape index (κ2) is 11.8. The van der Waals surface area contributed by atoms with Crippen LogP contribution in [0.2, 0.25) is 0 Å². The highest BCUT2D eigenvalue weighted by molar-refractivity contribution is 7.89. The van der Waals surface area contributed by atoms with E-state index < -0.39 is 27.8 Å². The van der Waals surface area contributed by atoms with Gasteiger partial charge in [0.05, 0.1) is 22.7 Å². The first-order chi connectivity index (χ1) is 21.0. The molecule has 1 saturated carbocycles. The Bertz CT molecular complexity index is 1780. The summed E-state index contributed by atoms with van der Waals surface area (Å²) in [6, 6.07) is 24.3. The number of aryl methyl sites for hydroxylation is 2. The molecule has 3 aromatic carbocycles. The number of aromatic nitrogens is 1. The first-order valence-corrected chi connectivity index (χ1v) is 16.1. The molecule has 10 heteroatoms. The van der Waals surface area contributed by atoms with Gasteiger partial charge < -0.3 is 4.90 Å². The Hall–Kier alpha value is -4.02. The van der Waals surface area contributed by atoms with E-state index in [1.165, 1.54) is 0 Å². The molecule has 1 aromatic heterocycles. The number of carbonyl (C=O) groups is 1. The number of hydrogen-bond donors (Lipinski definition) is 1. The summed E-state index contributed by atoms with van der Waals surface area (Å²) >= 11 is 0. The van der Waals surface area contributed by atoms with E-state index in [1.807, 2.05) is 73.7 Å². The summed E-state index contributed by atoms with van der Waals surface area (Å²) in [6.45, 7) is 2.16. The Morgan fingerprint density at radius 3 is 2.43 bits per heavy atom. The van der Waals surface area contributed by atoms with E-state index in [9.17, 15) is 26.4 Å². The number of benzene rings is 3. The normalized spacial score (nSPS) is 19.7. The number of anilines is 1. The first kappa shape index (κ1) is 30.0. The Balaban J connectivity index is 1.30. The summed E-state index contributed by atoms with van der Waals surface area (Å²) in [5.74, 6) is -0.0513. The van der Waals surface area contributed by atoms with Gasteiger partial charge in [-0.3, -0.25) is 9.78 Å². The molecular weight excluding hydrogens is 587 g/mol. The van der Waals surface area contributed by atoms with Crippen LogP contribution in [0.5, 0.6) is 0 Å². The van der Waals surface area contributed by atoms with Crippen LogP contribution < -0.4 is 9.62 Å². The van der Waals surface area contributed by atoms with Crippen LogP contribution in [0.3, 0.4) is 0 Å². The van der Waals surface area contributed by atoms with Crippen molar-refractivity contribution in [2.75, 3.05) is 4.90 Å². The van der Waals surface area contributed by atoms with Gasteiger partial charge in [-0.15, -0.1) is 0 Å². The van der Waals surface area contributed by atoms with E-state index in [0.29, 0.717) is 12.1 Å². The zero-order valence-electron chi connectivity index (χ0n) is 24.1. The molecule has 228 valence electrons. The quantitative estimate of drug-likeness (QED) is 0.228. The highest BCUT2D eigenvalue weighted by atomic mass is 32.2. The molecular formula is C34H32F3N3O3S. The fraction of sp³-hybridized carbons (Fsp3) is 0.294. The molecule has 44 heavy (non-hydrogen) atoms. The lowest BCUT2D eigenvalue weighted by atomic mass is 9.87. The average Bonchev–Trinajstić information content (AvgIpc) is 3.81. The topological polar surface area (TPSA) is 79.4 Å². The molecule has 0 radical (unpaired) electrons. The largest absolute Gasteiger partial charge is 0.416 e. The molecule has 0 spiro atoms. The van der Waals surface area contributed by atoms with Gasteiger partial charge in [0.2, 0.25) is 15.9 Å². The Morgan fingerprint density at radius 1 is 0.977 bits per heavy atom. The molecule has 2 aliphatic carbocycles. The van der Waals surface area contributed by atoms with Gasteiger partial charge in [-0.05, 0) is 104 Å². The van der Waals surface area contributed by atoms with E-state index >= 15 is 0 Å². The number of amides is 1. The van der Waals surface area contributed by atoms with Crippen molar-refractivity contribution in [2.45, 2.75) is 62.2 Å². The molecule has 2 aliphatic rings. The predicted octanol–water partition coefficient (Wildman–Crippen LogP) is 7.10. The Labute approximate surface area is 255 Å². The summed E-state index contributed by atoms with van der Waals surface area (Å²) < 4.78 is 68.4. The molecule has 1 fully saturated rings. The molecule has 1 heterocycles. The van der Waals surface area contributed by atoms with Crippen molar-refractivity contribution in [3.63, 3.8) is 0 Å². The van der Waals surface area contributed by atoms with Gasteiger partial charge >= 0.3 is 6.18 Å². The van der Waals surface area contributed by atoms with Crippen LogP contribution in [0.25, 0.3) is 0 Å². The lowest BCUT2D eigenvalue weighted by Crippen LogP contribution is -2.34. The van der Waals surface area contributed by atoms with E-state index in [0.717, 1.165) is 71.6 Å². The second-order valence-corrected chi connectivity index (χ2v) is 13.2. The number of halogens is 3. The minimum atomic E-state index is -4.56. The van der Waals surface area contributed by atoms with Gasteiger partial charge in [-0.2, -0.15) is 13.2 Å². The third kappa shape index (κ3) is 6.42. The Morgan fingerprint density at radius 2 is 1.73 bits per heavy atom. The molecule has 6 rings (SSSR count). The van der Waals surface area contributed by atoms with Crippen LogP contribution in [0.1, 0.15) is 64.9 Å². The minimum absolute atomic E-state index is 0.0141. The van der Waals surface area contributed by atoms with E-state index in [2.05, 4.69) is 9.71 Å². The van der Waals surface area contributed by atoms with Crippen LogP contribution in [0.4, 0.5) is 18.9 Å². The number of alkyl halides is 3. The van der Waals surface area contributed by atoms with Gasteiger partial charge in [0.15, 0.2) is 0 Å². The van der Waals surface area contributed by atoms with Gasteiger partial charge in [-0.25, -0.2) is 13.1 Å². The summed E-state index contributed by atoms with van der Waals surface area (Å²) in [4.78, 5) is 20.2. The fourth-order valence-corrected chi connectivity index (χ4v) is 7.29. The number of rotatable bonds is 8. The second-order valence-electron chi connectivity index (χ2n) is 11.5. The molecule has 4 aromatic rings. The SMILES string of the molecule is Cc1cccc(CN(C(=O)[C@@H]2C[C@@H]2c2ccccc2)c2ccc3c(c2)[C@@H](NS(=O)(=O)c2ccc(C(F)(F)F)cc2)CCC3)n1. The predicted molar refractivity (Wildman–Crippen MR) is 161 cm³/mol. The summed E-state index contributed by atoms with van der Waals surface area (Å²) in [5, 5.41) is 0. The van der Waals surface area contributed by atoms with Crippen LogP contribution in [0.15, 0.2) is 95.9 Å². The van der Waals surface area contributed by atoms with Crippen molar-refractivity contribution in [1.29, 1.82) is 0 Å². The summed E-state index contributed by atoms with van der Waals surface area (Å²) in [6.07, 6.45) is -1.81. The third-order valence-electron chi connectivity index (χ3n) is 8.41. The minimum Gasteiger partial charge on any atom is -0.306 e. The zero-order valence-corrected chi connectivity index (χ0v) is 24.9. The number of carbonyl (C=O) groups excluding carboxylic acids is 1. The van der Waals surface area contributed by atoms with Crippen molar-refractivity contribution in [1.82, 2.24) is 9.71 Å². The number of fused-ring (bicyclic) bond motifs is 1. The monoisotopic (exact) mass is 619 g/mol. The van der Waals surface area contributed by atoms with Gasteiger partial charge in [0.1, 0.15) is 0 Å². The molecule has 3 atom stereocenters. The van der Waals surface area contributed by atoms with Crippen LogP contribution in [0, 0.1) is 12.8 Å². The van der Waals surface area contributed by atoms with Crippen LogP contribution in [-0.2, 0) is 34.0 Å². The smallest absolute Gasteiger partial charge is 0.306 e. The maximum absolute atomic E-state index is 14.0. The van der Waals surface area contributed by atoms with Gasteiger partial charge in [0.25, 0.3) is 0 Å². The number of nitrogens with zero attached hydrogens (tertiary/aromatic N) is 2. The average molecular weight is 620 g/mol. The van der Waals surface area contributed by atoms with Gasteiger partial charge in [0, 0.05) is 23.3 Å². The molecule has 1 amide bonds. The molecule has 0 unspecified atom stereocenters. The van der Waals surface area contributed by atoms with Crippen molar-refractivity contribution in [3.05, 3.63) is 125 Å². The molecule has 0 bridgehead atoms. The standard InChI is InChI=1S/C34H32F3N3O3S/c1-22-7-5-11-26(38-22)21-40(33(41)31-20-29(31)23-8-3-2-4-9-23)27-16-13-24-10-6-12-32(30(24)19-27)39-44(42,43)28-17-14-25(15-18-28)34(35,36)37/h2-5,7-9,11,13-19,29,31-32,39H,6,10,12,20-21H2,1H3/t29-,31-,32+/m1/s1. The number of nitrogens with one attached hydrogen (secondary N) is 1. The zero-order chi connectivity index (χ0) is 31.1. The molecule has 0 aliphatic heterocycles. The highest BCUT2D eigenvalue weighted by Crippen LogP contribution is 2.49. The fourth-order valence-electron chi connectivity index (χ4n) is 6.04. The summed E-state index contributed by atoms with van der Waals surface area (Å²) in [5.41, 5.74) is 4.17. The molecule has 1 N–H and O–H groups in total. The first-order valence-electron chi connectivity index (χ1n) is 14.6. The van der Waals surface area contributed by atoms with Crippen LogP contribution >= 0.6 is 0 Å².